The van der Waals surface area contributed by atoms with Gasteiger partial charge in [-0.25, -0.2) is 4.79 Å². The van der Waals surface area contributed by atoms with Crippen molar-refractivity contribution >= 4 is 29.7 Å². The monoisotopic (exact) mass is 508 g/mol. The van der Waals surface area contributed by atoms with Crippen molar-refractivity contribution in [2.45, 2.75) is 71.1 Å². The summed E-state index contributed by atoms with van der Waals surface area (Å²) in [5.74, 6) is -5.35. The molecule has 0 spiro atoms. The lowest BCUT2D eigenvalue weighted by molar-refractivity contribution is -0.143. The molecular weight excluding hydrogens is 472 g/mol. The molecule has 0 fully saturated rings. The van der Waals surface area contributed by atoms with Crippen molar-refractivity contribution in [1.82, 2.24) is 16.0 Å². The first-order valence-corrected chi connectivity index (χ1v) is 11.6. The van der Waals surface area contributed by atoms with Gasteiger partial charge in [0.05, 0.1) is 6.04 Å². The first-order chi connectivity index (χ1) is 16.7. The van der Waals surface area contributed by atoms with Crippen molar-refractivity contribution in [1.29, 1.82) is 0 Å². The molecule has 12 heteroatoms. The second-order valence-corrected chi connectivity index (χ2v) is 9.27. The summed E-state index contributed by atoms with van der Waals surface area (Å²) in [6.07, 6.45) is -0.608. The maximum Gasteiger partial charge on any atom is 0.326 e. The highest BCUT2D eigenvalue weighted by Crippen LogP contribution is 2.12. The highest BCUT2D eigenvalue weighted by molar-refractivity contribution is 5.94. The van der Waals surface area contributed by atoms with E-state index in [0.717, 1.165) is 0 Å². The third-order valence-corrected chi connectivity index (χ3v) is 5.48. The number of carbonyl (C=O) groups is 5. The summed E-state index contributed by atoms with van der Waals surface area (Å²) >= 11 is 0. The van der Waals surface area contributed by atoms with E-state index in [9.17, 15) is 34.2 Å². The van der Waals surface area contributed by atoms with Crippen molar-refractivity contribution in [2.75, 3.05) is 0 Å². The number of carboxylic acid groups (broad SMARTS) is 2. The van der Waals surface area contributed by atoms with Gasteiger partial charge in [-0.2, -0.15) is 0 Å². The van der Waals surface area contributed by atoms with E-state index in [2.05, 4.69) is 16.0 Å². The Hall–Kier alpha value is -3.67. The van der Waals surface area contributed by atoms with E-state index in [0.29, 0.717) is 5.56 Å². The minimum atomic E-state index is -1.44. The molecule has 0 aliphatic heterocycles. The lowest BCUT2D eigenvalue weighted by Gasteiger charge is -2.28. The van der Waals surface area contributed by atoms with Gasteiger partial charge in [0.1, 0.15) is 23.9 Å². The number of nitrogens with one attached hydrogen (secondary N) is 3. The van der Waals surface area contributed by atoms with Crippen LogP contribution in [-0.4, -0.2) is 69.1 Å². The smallest absolute Gasteiger partial charge is 0.326 e. The van der Waals surface area contributed by atoms with Gasteiger partial charge >= 0.3 is 11.9 Å². The second kappa shape index (κ2) is 14.0. The average Bonchev–Trinajstić information content (AvgIpc) is 2.78. The van der Waals surface area contributed by atoms with Crippen LogP contribution < -0.4 is 21.7 Å². The molecule has 0 saturated heterocycles. The number of phenolic OH excluding ortho intramolecular Hbond substituents is 1. The van der Waals surface area contributed by atoms with Crippen LogP contribution in [0.4, 0.5) is 0 Å². The van der Waals surface area contributed by atoms with Gasteiger partial charge in [0, 0.05) is 6.42 Å². The zero-order chi connectivity index (χ0) is 27.6. The van der Waals surface area contributed by atoms with E-state index in [1.54, 1.807) is 39.8 Å². The van der Waals surface area contributed by atoms with E-state index in [-0.39, 0.29) is 24.5 Å². The summed E-state index contributed by atoms with van der Waals surface area (Å²) in [6, 6.07) is 1.62. The summed E-state index contributed by atoms with van der Waals surface area (Å²) in [6.45, 7) is 6.70. The van der Waals surface area contributed by atoms with E-state index in [1.165, 1.54) is 12.1 Å². The lowest BCUT2D eigenvalue weighted by Crippen LogP contribution is -2.59. The number of rotatable bonds is 14. The van der Waals surface area contributed by atoms with Gasteiger partial charge < -0.3 is 37.0 Å². The van der Waals surface area contributed by atoms with E-state index >= 15 is 0 Å². The predicted molar refractivity (Wildman–Crippen MR) is 130 cm³/mol. The highest BCUT2D eigenvalue weighted by atomic mass is 16.4. The zero-order valence-electron chi connectivity index (χ0n) is 20.9. The van der Waals surface area contributed by atoms with Crippen LogP contribution in [0.1, 0.15) is 46.1 Å². The quantitative estimate of drug-likeness (QED) is 0.180. The topological polar surface area (TPSA) is 208 Å². The maximum atomic E-state index is 13.0. The van der Waals surface area contributed by atoms with Crippen LogP contribution >= 0.6 is 0 Å². The first kappa shape index (κ1) is 30.4. The molecule has 8 N–H and O–H groups in total. The van der Waals surface area contributed by atoms with Crippen LogP contribution in [0.2, 0.25) is 0 Å². The molecule has 0 aromatic heterocycles. The zero-order valence-corrected chi connectivity index (χ0v) is 20.9. The Morgan fingerprint density at radius 2 is 1.28 bits per heavy atom. The molecule has 0 aliphatic rings. The fourth-order valence-electron chi connectivity index (χ4n) is 3.34. The number of aromatic hydroxyl groups is 1. The van der Waals surface area contributed by atoms with Crippen LogP contribution in [0.25, 0.3) is 0 Å². The number of carboxylic acids is 2. The van der Waals surface area contributed by atoms with E-state index in [1.807, 2.05) is 0 Å². The largest absolute Gasteiger partial charge is 0.508 e. The van der Waals surface area contributed by atoms with Gasteiger partial charge in [0.25, 0.3) is 0 Å². The van der Waals surface area contributed by atoms with Crippen molar-refractivity contribution in [3.05, 3.63) is 29.8 Å². The SMILES string of the molecule is CC(C)C(NC(=O)C(N)Cc1ccc(O)cc1)C(=O)NC(C(=O)NC(CCC(=O)O)C(=O)O)C(C)C. The molecule has 3 amide bonds. The summed E-state index contributed by atoms with van der Waals surface area (Å²) in [7, 11) is 0. The molecule has 1 rings (SSSR count). The molecule has 0 saturated carbocycles. The Balaban J connectivity index is 2.88. The Bertz CT molecular complexity index is 933. The van der Waals surface area contributed by atoms with Gasteiger partial charge in [-0.1, -0.05) is 39.8 Å². The molecule has 1 aromatic rings. The molecule has 36 heavy (non-hydrogen) atoms. The first-order valence-electron chi connectivity index (χ1n) is 11.6. The van der Waals surface area contributed by atoms with Gasteiger partial charge in [-0.15, -0.1) is 0 Å². The molecule has 0 aliphatic carbocycles. The molecule has 0 heterocycles. The summed E-state index contributed by atoms with van der Waals surface area (Å²) in [4.78, 5) is 60.7. The molecule has 1 aromatic carbocycles. The maximum absolute atomic E-state index is 13.0. The van der Waals surface area contributed by atoms with Crippen LogP contribution in [0.5, 0.6) is 5.75 Å². The van der Waals surface area contributed by atoms with Crippen molar-refractivity contribution in [3.63, 3.8) is 0 Å². The standard InChI is InChI=1S/C24H36N4O8/c1-12(2)19(22(33)26-17(24(35)36)9-10-18(30)31)28-23(34)20(13(3)4)27-21(32)16(25)11-14-5-7-15(29)8-6-14/h5-8,12-13,16-17,19-20,29H,9-11,25H2,1-4H3,(H,26,33)(H,27,32)(H,28,34)(H,30,31)(H,35,36). The Morgan fingerprint density at radius 3 is 1.72 bits per heavy atom. The van der Waals surface area contributed by atoms with Crippen LogP contribution in [0.15, 0.2) is 24.3 Å². The van der Waals surface area contributed by atoms with Gasteiger partial charge in [-0.05, 0) is 42.4 Å². The highest BCUT2D eigenvalue weighted by Gasteiger charge is 2.33. The Labute approximate surface area is 209 Å². The normalized spacial score (nSPS) is 14.4. The second-order valence-electron chi connectivity index (χ2n) is 9.27. The van der Waals surface area contributed by atoms with Gasteiger partial charge in [0.2, 0.25) is 17.7 Å². The number of benzene rings is 1. The minimum Gasteiger partial charge on any atom is -0.508 e. The lowest BCUT2D eigenvalue weighted by atomic mass is 9.98. The minimum absolute atomic E-state index is 0.0774. The molecule has 200 valence electrons. The number of phenols is 1. The van der Waals surface area contributed by atoms with Crippen molar-refractivity contribution < 1.29 is 39.3 Å². The van der Waals surface area contributed by atoms with Crippen LogP contribution in [0.3, 0.4) is 0 Å². The number of hydrogen-bond donors (Lipinski definition) is 7. The predicted octanol–water partition coefficient (Wildman–Crippen LogP) is -0.0222. The Morgan fingerprint density at radius 1 is 0.806 bits per heavy atom. The third kappa shape index (κ3) is 9.90. The summed E-state index contributed by atoms with van der Waals surface area (Å²) in [5.41, 5.74) is 6.71. The summed E-state index contributed by atoms with van der Waals surface area (Å²) < 4.78 is 0. The number of amides is 3. The van der Waals surface area contributed by atoms with Crippen LogP contribution in [-0.2, 0) is 30.4 Å². The number of hydrogen-bond acceptors (Lipinski definition) is 7. The molecule has 4 atom stereocenters. The Kier molecular flexibility index (Phi) is 11.8. The average molecular weight is 509 g/mol. The molecular formula is C24H36N4O8. The fraction of sp³-hybridized carbons (Fsp3) is 0.542. The van der Waals surface area contributed by atoms with Crippen molar-refractivity contribution in [3.8, 4) is 5.75 Å². The number of nitrogens with two attached hydrogens (primary N) is 1. The number of aliphatic carboxylic acids is 2. The molecule has 0 radical (unpaired) electrons. The van der Waals surface area contributed by atoms with E-state index < -0.39 is 66.2 Å². The molecule has 12 nitrogen and oxygen atoms in total. The molecule has 0 bridgehead atoms. The van der Waals surface area contributed by atoms with Gasteiger partial charge in [0.15, 0.2) is 0 Å². The van der Waals surface area contributed by atoms with E-state index in [4.69, 9.17) is 10.8 Å². The van der Waals surface area contributed by atoms with Gasteiger partial charge in [-0.3, -0.25) is 19.2 Å². The number of carbonyl (C=O) groups excluding carboxylic acids is 3. The third-order valence-electron chi connectivity index (χ3n) is 5.48. The summed E-state index contributed by atoms with van der Waals surface area (Å²) in [5, 5.41) is 34.9. The molecule has 4 unspecified atom stereocenters. The van der Waals surface area contributed by atoms with Crippen molar-refractivity contribution in [2.24, 2.45) is 17.6 Å². The fourth-order valence-corrected chi connectivity index (χ4v) is 3.34. The van der Waals surface area contributed by atoms with Crippen LogP contribution in [0, 0.1) is 11.8 Å².